The van der Waals surface area contributed by atoms with Crippen LogP contribution in [-0.4, -0.2) is 55.0 Å². The highest BCUT2D eigenvalue weighted by molar-refractivity contribution is 7.80. The second-order valence-corrected chi connectivity index (χ2v) is 4.94. The fourth-order valence-corrected chi connectivity index (χ4v) is 1.96. The zero-order valence-electron chi connectivity index (χ0n) is 12.0. The third kappa shape index (κ3) is 5.52. The number of rotatable bonds is 7. The topological polar surface area (TPSA) is 98.9 Å². The first-order chi connectivity index (χ1) is 9.24. The number of nitrogens with zero attached hydrogens (tertiary/aromatic N) is 1. The van der Waals surface area contributed by atoms with Gasteiger partial charge in [0.25, 0.3) is 0 Å². The molecule has 0 aromatic rings. The van der Waals surface area contributed by atoms with E-state index in [1.54, 1.807) is 13.8 Å². The number of methoxy groups -OCH3 is 2. The monoisotopic (exact) mass is 304 g/mol. The normalized spacial score (nSPS) is 11.7. The molecule has 7 nitrogen and oxygen atoms in total. The standard InChI is InChI=1S/C12H20N2O5S/c1-7(2)10(11(13)20)12(17)14(5-8(15)18-3)6-9(16)19-4/h7,10H,5-6H2,1-4H3,(H2,13,20). The predicted molar refractivity (Wildman–Crippen MR) is 75.7 cm³/mol. The van der Waals surface area contributed by atoms with Gasteiger partial charge in [0, 0.05) is 0 Å². The van der Waals surface area contributed by atoms with Crippen LogP contribution in [0.1, 0.15) is 13.8 Å². The minimum Gasteiger partial charge on any atom is -0.468 e. The lowest BCUT2D eigenvalue weighted by atomic mass is 9.94. The van der Waals surface area contributed by atoms with Crippen LogP contribution in [0.4, 0.5) is 0 Å². The van der Waals surface area contributed by atoms with Crippen LogP contribution in [0.25, 0.3) is 0 Å². The third-order valence-corrected chi connectivity index (χ3v) is 2.90. The molecule has 0 aliphatic carbocycles. The molecule has 20 heavy (non-hydrogen) atoms. The number of esters is 2. The summed E-state index contributed by atoms with van der Waals surface area (Å²) in [6.45, 7) is 2.82. The lowest BCUT2D eigenvalue weighted by Gasteiger charge is -2.27. The minimum absolute atomic E-state index is 0.0183. The molecule has 114 valence electrons. The second-order valence-electron chi connectivity index (χ2n) is 4.47. The highest BCUT2D eigenvalue weighted by Crippen LogP contribution is 2.15. The highest BCUT2D eigenvalue weighted by atomic mass is 32.1. The smallest absolute Gasteiger partial charge is 0.325 e. The molecule has 1 amide bonds. The fraction of sp³-hybridized carbons (Fsp3) is 0.667. The van der Waals surface area contributed by atoms with Crippen LogP contribution in [0, 0.1) is 11.8 Å². The molecule has 2 N–H and O–H groups in total. The van der Waals surface area contributed by atoms with Crippen molar-refractivity contribution in [3.05, 3.63) is 0 Å². The Hall–Kier alpha value is -1.70. The molecule has 0 heterocycles. The van der Waals surface area contributed by atoms with Crippen LogP contribution in [0.5, 0.6) is 0 Å². The number of carbonyl (C=O) groups excluding carboxylic acids is 3. The van der Waals surface area contributed by atoms with Gasteiger partial charge in [0.15, 0.2) is 0 Å². The van der Waals surface area contributed by atoms with E-state index in [1.807, 2.05) is 0 Å². The van der Waals surface area contributed by atoms with E-state index in [4.69, 9.17) is 18.0 Å². The Morgan fingerprint density at radius 1 is 1.10 bits per heavy atom. The number of thiocarbonyl (C=S) groups is 1. The molecule has 0 saturated carbocycles. The molecule has 0 bridgehead atoms. The molecule has 0 aromatic heterocycles. The summed E-state index contributed by atoms with van der Waals surface area (Å²) in [5.41, 5.74) is 5.55. The maximum absolute atomic E-state index is 12.4. The summed E-state index contributed by atoms with van der Waals surface area (Å²) in [5.74, 6) is -2.69. The Labute approximate surface area is 123 Å². The van der Waals surface area contributed by atoms with Crippen LogP contribution in [0.2, 0.25) is 0 Å². The van der Waals surface area contributed by atoms with Crippen molar-refractivity contribution in [1.29, 1.82) is 0 Å². The molecular weight excluding hydrogens is 284 g/mol. The van der Waals surface area contributed by atoms with E-state index < -0.39 is 23.8 Å². The van der Waals surface area contributed by atoms with Crippen molar-refractivity contribution in [3.8, 4) is 0 Å². The van der Waals surface area contributed by atoms with Gasteiger partial charge in [-0.2, -0.15) is 0 Å². The van der Waals surface area contributed by atoms with Gasteiger partial charge in [-0.25, -0.2) is 0 Å². The van der Waals surface area contributed by atoms with Crippen LogP contribution < -0.4 is 5.73 Å². The summed E-state index contributed by atoms with van der Waals surface area (Å²) in [7, 11) is 2.38. The lowest BCUT2D eigenvalue weighted by molar-refractivity contribution is -0.153. The van der Waals surface area contributed by atoms with Gasteiger partial charge in [-0.3, -0.25) is 14.4 Å². The summed E-state index contributed by atoms with van der Waals surface area (Å²) < 4.78 is 9.00. The van der Waals surface area contributed by atoms with Gasteiger partial charge >= 0.3 is 11.9 Å². The van der Waals surface area contributed by atoms with Crippen LogP contribution >= 0.6 is 12.2 Å². The molecule has 8 heteroatoms. The van der Waals surface area contributed by atoms with E-state index in [1.165, 1.54) is 14.2 Å². The van der Waals surface area contributed by atoms with Gasteiger partial charge in [-0.15, -0.1) is 0 Å². The molecule has 0 fully saturated rings. The Kier molecular flexibility index (Phi) is 7.75. The molecule has 0 aliphatic heterocycles. The van der Waals surface area contributed by atoms with Gasteiger partial charge < -0.3 is 20.1 Å². The SMILES string of the molecule is COC(=O)CN(CC(=O)OC)C(=O)C(C(N)=S)C(C)C. The molecule has 0 spiro atoms. The first-order valence-electron chi connectivity index (χ1n) is 5.96. The largest absolute Gasteiger partial charge is 0.468 e. The number of nitrogens with two attached hydrogens (primary N) is 1. The fourth-order valence-electron chi connectivity index (χ4n) is 1.58. The van der Waals surface area contributed by atoms with Gasteiger partial charge in [0.05, 0.1) is 25.1 Å². The van der Waals surface area contributed by atoms with Crippen molar-refractivity contribution in [3.63, 3.8) is 0 Å². The zero-order chi connectivity index (χ0) is 15.9. The van der Waals surface area contributed by atoms with Crippen molar-refractivity contribution in [1.82, 2.24) is 4.90 Å². The van der Waals surface area contributed by atoms with Crippen molar-refractivity contribution in [2.45, 2.75) is 13.8 Å². The summed E-state index contributed by atoms with van der Waals surface area (Å²) in [6.07, 6.45) is 0. The molecule has 0 rings (SSSR count). The maximum Gasteiger partial charge on any atom is 0.325 e. The van der Waals surface area contributed by atoms with E-state index in [2.05, 4.69) is 9.47 Å². The number of carbonyl (C=O) groups is 3. The van der Waals surface area contributed by atoms with Crippen molar-refractivity contribution < 1.29 is 23.9 Å². The van der Waals surface area contributed by atoms with Crippen LogP contribution in [0.3, 0.4) is 0 Å². The molecule has 1 atom stereocenters. The molecular formula is C12H20N2O5S. The second kappa shape index (κ2) is 8.47. The average Bonchev–Trinajstić information content (AvgIpc) is 2.36. The first kappa shape index (κ1) is 18.3. The highest BCUT2D eigenvalue weighted by Gasteiger charge is 2.31. The first-order valence-corrected chi connectivity index (χ1v) is 6.37. The third-order valence-electron chi connectivity index (χ3n) is 2.65. The van der Waals surface area contributed by atoms with E-state index in [0.717, 1.165) is 4.90 Å². The number of ether oxygens (including phenoxy) is 2. The number of hydrogen-bond acceptors (Lipinski definition) is 6. The van der Waals surface area contributed by atoms with E-state index in [0.29, 0.717) is 0 Å². The number of hydrogen-bond donors (Lipinski definition) is 1. The van der Waals surface area contributed by atoms with Gasteiger partial charge in [-0.1, -0.05) is 26.1 Å². The Bertz CT molecular complexity index is 379. The van der Waals surface area contributed by atoms with Crippen molar-refractivity contribution in [2.24, 2.45) is 17.6 Å². The Morgan fingerprint density at radius 2 is 1.50 bits per heavy atom. The lowest BCUT2D eigenvalue weighted by Crippen LogP contribution is -2.47. The predicted octanol–water partition coefficient (Wildman–Crippen LogP) is -0.281. The summed E-state index contributed by atoms with van der Waals surface area (Å²) in [4.78, 5) is 36.1. The Morgan fingerprint density at radius 3 is 1.75 bits per heavy atom. The summed E-state index contributed by atoms with van der Waals surface area (Å²) in [5, 5.41) is 0. The molecule has 1 unspecified atom stereocenters. The van der Waals surface area contributed by atoms with Gasteiger partial charge in [0.2, 0.25) is 5.91 Å². The summed E-state index contributed by atoms with van der Waals surface area (Å²) >= 11 is 4.87. The maximum atomic E-state index is 12.4. The average molecular weight is 304 g/mol. The van der Waals surface area contributed by atoms with Crippen LogP contribution in [-0.2, 0) is 23.9 Å². The van der Waals surface area contributed by atoms with Gasteiger partial charge in [0.1, 0.15) is 13.1 Å². The van der Waals surface area contributed by atoms with E-state index >= 15 is 0 Å². The molecule has 0 aliphatic rings. The number of amides is 1. The minimum atomic E-state index is -0.751. The molecule has 0 saturated heterocycles. The molecule has 0 radical (unpaired) electrons. The molecule has 0 aromatic carbocycles. The summed E-state index contributed by atoms with van der Waals surface area (Å²) in [6, 6.07) is 0. The van der Waals surface area contributed by atoms with E-state index in [-0.39, 0.29) is 24.0 Å². The zero-order valence-corrected chi connectivity index (χ0v) is 12.9. The van der Waals surface area contributed by atoms with Crippen molar-refractivity contribution in [2.75, 3.05) is 27.3 Å². The van der Waals surface area contributed by atoms with Crippen LogP contribution in [0.15, 0.2) is 0 Å². The van der Waals surface area contributed by atoms with Gasteiger partial charge in [-0.05, 0) is 5.92 Å². The van der Waals surface area contributed by atoms with E-state index in [9.17, 15) is 14.4 Å². The van der Waals surface area contributed by atoms with Crippen molar-refractivity contribution >= 4 is 35.1 Å². The Balaban J connectivity index is 5.16. The quantitative estimate of drug-likeness (QED) is 0.510.